The van der Waals surface area contributed by atoms with Crippen LogP contribution in [0.3, 0.4) is 0 Å². The SMILES string of the molecule is O=C(NCCCCCOc1ccc(OC2CNC2)cc1)OCc1ccccc1. The molecule has 0 aromatic heterocycles. The number of carbonyl (C=O) groups excluding carboxylic acids is 1. The zero-order chi connectivity index (χ0) is 19.4. The van der Waals surface area contributed by atoms with Crippen molar-refractivity contribution in [2.75, 3.05) is 26.2 Å². The third kappa shape index (κ3) is 7.12. The second-order valence-electron chi connectivity index (χ2n) is 6.77. The van der Waals surface area contributed by atoms with Gasteiger partial charge in [-0.25, -0.2) is 4.79 Å². The van der Waals surface area contributed by atoms with E-state index in [-0.39, 0.29) is 12.2 Å². The number of rotatable bonds is 11. The lowest BCUT2D eigenvalue weighted by atomic mass is 10.2. The number of carbonyl (C=O) groups is 1. The Kier molecular flexibility index (Phi) is 8.00. The molecule has 2 aromatic rings. The van der Waals surface area contributed by atoms with E-state index in [2.05, 4.69) is 10.6 Å². The highest BCUT2D eigenvalue weighted by Gasteiger charge is 2.17. The van der Waals surface area contributed by atoms with Gasteiger partial charge < -0.3 is 24.8 Å². The number of hydrogen-bond acceptors (Lipinski definition) is 5. The van der Waals surface area contributed by atoms with Crippen LogP contribution in [0.2, 0.25) is 0 Å². The van der Waals surface area contributed by atoms with Gasteiger partial charge in [-0.2, -0.15) is 0 Å². The van der Waals surface area contributed by atoms with Crippen LogP contribution >= 0.6 is 0 Å². The fourth-order valence-corrected chi connectivity index (χ4v) is 2.71. The van der Waals surface area contributed by atoms with E-state index in [1.807, 2.05) is 54.6 Å². The van der Waals surface area contributed by atoms with Gasteiger partial charge >= 0.3 is 6.09 Å². The first-order valence-electron chi connectivity index (χ1n) is 9.84. The smallest absolute Gasteiger partial charge is 0.407 e. The van der Waals surface area contributed by atoms with Gasteiger partial charge in [0.2, 0.25) is 0 Å². The first-order chi connectivity index (χ1) is 13.8. The molecule has 0 saturated carbocycles. The quantitative estimate of drug-likeness (QED) is 0.580. The summed E-state index contributed by atoms with van der Waals surface area (Å²) in [6.45, 7) is 3.39. The zero-order valence-electron chi connectivity index (χ0n) is 16.1. The summed E-state index contributed by atoms with van der Waals surface area (Å²) in [5.74, 6) is 1.73. The molecule has 0 spiro atoms. The van der Waals surface area contributed by atoms with E-state index in [1.165, 1.54) is 0 Å². The number of unbranched alkanes of at least 4 members (excludes halogenated alkanes) is 2. The third-order valence-electron chi connectivity index (χ3n) is 4.44. The van der Waals surface area contributed by atoms with Crippen molar-refractivity contribution in [3.63, 3.8) is 0 Å². The first kappa shape index (κ1) is 20.0. The average Bonchev–Trinajstić information content (AvgIpc) is 2.70. The van der Waals surface area contributed by atoms with Gasteiger partial charge in [0, 0.05) is 19.6 Å². The molecule has 1 heterocycles. The van der Waals surface area contributed by atoms with E-state index in [1.54, 1.807) is 0 Å². The molecule has 1 aliphatic heterocycles. The van der Waals surface area contributed by atoms with Crippen molar-refractivity contribution >= 4 is 6.09 Å². The van der Waals surface area contributed by atoms with Crippen molar-refractivity contribution < 1.29 is 19.0 Å². The Morgan fingerprint density at radius 2 is 1.71 bits per heavy atom. The molecule has 0 bridgehead atoms. The van der Waals surface area contributed by atoms with Crippen LogP contribution in [-0.2, 0) is 11.3 Å². The highest BCUT2D eigenvalue weighted by Crippen LogP contribution is 2.19. The predicted molar refractivity (Wildman–Crippen MR) is 108 cm³/mol. The molecule has 0 unspecified atom stereocenters. The van der Waals surface area contributed by atoms with Crippen LogP contribution < -0.4 is 20.1 Å². The van der Waals surface area contributed by atoms with Gasteiger partial charge in [-0.3, -0.25) is 0 Å². The Hall–Kier alpha value is -2.73. The van der Waals surface area contributed by atoms with Gasteiger partial charge in [0.05, 0.1) is 6.61 Å². The monoisotopic (exact) mass is 384 g/mol. The van der Waals surface area contributed by atoms with Crippen LogP contribution in [0.4, 0.5) is 4.79 Å². The van der Waals surface area contributed by atoms with Crippen LogP contribution in [0, 0.1) is 0 Å². The fraction of sp³-hybridized carbons (Fsp3) is 0.409. The number of benzene rings is 2. The maximum atomic E-state index is 11.6. The number of ether oxygens (including phenoxy) is 3. The summed E-state index contributed by atoms with van der Waals surface area (Å²) < 4.78 is 16.7. The van der Waals surface area contributed by atoms with Crippen molar-refractivity contribution in [2.45, 2.75) is 32.0 Å². The molecule has 2 aromatic carbocycles. The second kappa shape index (κ2) is 11.2. The first-order valence-corrected chi connectivity index (χ1v) is 9.84. The number of hydrogen-bond donors (Lipinski definition) is 2. The Bertz CT molecular complexity index is 702. The molecule has 6 nitrogen and oxygen atoms in total. The Morgan fingerprint density at radius 1 is 0.964 bits per heavy atom. The van der Waals surface area contributed by atoms with E-state index in [0.29, 0.717) is 19.8 Å². The predicted octanol–water partition coefficient (Wildman–Crippen LogP) is 3.51. The van der Waals surface area contributed by atoms with Crippen molar-refractivity contribution in [2.24, 2.45) is 0 Å². The van der Waals surface area contributed by atoms with Crippen LogP contribution in [-0.4, -0.2) is 38.4 Å². The summed E-state index contributed by atoms with van der Waals surface area (Å²) in [5, 5.41) is 5.95. The Balaban J connectivity index is 1.18. The topological polar surface area (TPSA) is 68.8 Å². The molecule has 0 radical (unpaired) electrons. The second-order valence-corrected chi connectivity index (χ2v) is 6.77. The van der Waals surface area contributed by atoms with Crippen molar-refractivity contribution in [1.82, 2.24) is 10.6 Å². The molecule has 1 amide bonds. The molecule has 0 atom stereocenters. The van der Waals surface area contributed by atoms with E-state index >= 15 is 0 Å². The molecule has 0 aliphatic carbocycles. The normalized spacial score (nSPS) is 13.4. The van der Waals surface area contributed by atoms with Crippen molar-refractivity contribution in [3.8, 4) is 11.5 Å². The highest BCUT2D eigenvalue weighted by molar-refractivity contribution is 5.67. The molecule has 1 saturated heterocycles. The van der Waals surface area contributed by atoms with E-state index < -0.39 is 0 Å². The minimum absolute atomic E-state index is 0.288. The maximum Gasteiger partial charge on any atom is 0.407 e. The molecule has 1 aliphatic rings. The van der Waals surface area contributed by atoms with Crippen molar-refractivity contribution in [1.29, 1.82) is 0 Å². The standard InChI is InChI=1S/C22H28N2O4/c25-22(27-17-18-7-3-1-4-8-18)24-13-5-2-6-14-26-19-9-11-20(12-10-19)28-21-15-23-16-21/h1,3-4,7-12,21,23H,2,5-6,13-17H2,(H,24,25). The molecule has 6 heteroatoms. The Morgan fingerprint density at radius 3 is 2.43 bits per heavy atom. The summed E-state index contributed by atoms with van der Waals surface area (Å²) in [6, 6.07) is 17.4. The van der Waals surface area contributed by atoms with E-state index in [9.17, 15) is 4.79 Å². The lowest BCUT2D eigenvalue weighted by Gasteiger charge is -2.27. The summed E-state index contributed by atoms with van der Waals surface area (Å²) in [5.41, 5.74) is 0.981. The maximum absolute atomic E-state index is 11.6. The molecular formula is C22H28N2O4. The lowest BCUT2D eigenvalue weighted by molar-refractivity contribution is 0.139. The van der Waals surface area contributed by atoms with Crippen LogP contribution in [0.5, 0.6) is 11.5 Å². The van der Waals surface area contributed by atoms with Crippen LogP contribution in [0.1, 0.15) is 24.8 Å². The minimum atomic E-state index is -0.375. The van der Waals surface area contributed by atoms with E-state index in [4.69, 9.17) is 14.2 Å². The highest BCUT2D eigenvalue weighted by atomic mass is 16.5. The fourth-order valence-electron chi connectivity index (χ4n) is 2.71. The average molecular weight is 384 g/mol. The number of amides is 1. The number of nitrogens with one attached hydrogen (secondary N) is 2. The summed E-state index contributed by atoms with van der Waals surface area (Å²) in [4.78, 5) is 11.6. The Labute approximate surface area is 166 Å². The van der Waals surface area contributed by atoms with Crippen LogP contribution in [0.25, 0.3) is 0 Å². The van der Waals surface area contributed by atoms with Gasteiger partial charge in [-0.1, -0.05) is 30.3 Å². The molecule has 28 heavy (non-hydrogen) atoms. The van der Waals surface area contributed by atoms with Crippen molar-refractivity contribution in [3.05, 3.63) is 60.2 Å². The van der Waals surface area contributed by atoms with Gasteiger partial charge in [-0.15, -0.1) is 0 Å². The van der Waals surface area contributed by atoms with Gasteiger partial charge in [0.15, 0.2) is 0 Å². The summed E-state index contributed by atoms with van der Waals surface area (Å²) in [6.07, 6.45) is 2.73. The van der Waals surface area contributed by atoms with Gasteiger partial charge in [0.25, 0.3) is 0 Å². The van der Waals surface area contributed by atoms with Crippen LogP contribution in [0.15, 0.2) is 54.6 Å². The molecular weight excluding hydrogens is 356 g/mol. The minimum Gasteiger partial charge on any atom is -0.494 e. The molecule has 150 valence electrons. The molecule has 2 N–H and O–H groups in total. The number of alkyl carbamates (subject to hydrolysis) is 1. The third-order valence-corrected chi connectivity index (χ3v) is 4.44. The zero-order valence-corrected chi connectivity index (χ0v) is 16.1. The molecule has 3 rings (SSSR count). The van der Waals surface area contributed by atoms with Gasteiger partial charge in [0.1, 0.15) is 24.2 Å². The van der Waals surface area contributed by atoms with E-state index in [0.717, 1.165) is 49.4 Å². The molecule has 1 fully saturated rings. The largest absolute Gasteiger partial charge is 0.494 e. The summed E-state index contributed by atoms with van der Waals surface area (Å²) in [7, 11) is 0. The van der Waals surface area contributed by atoms with Gasteiger partial charge in [-0.05, 0) is 49.1 Å². The lowest BCUT2D eigenvalue weighted by Crippen LogP contribution is -2.50. The summed E-state index contributed by atoms with van der Waals surface area (Å²) >= 11 is 0.